The molecular weight excluding hydrogens is 532 g/mol. The summed E-state index contributed by atoms with van der Waals surface area (Å²) in [6, 6.07) is 14.0. The number of carbonyl (C=O) groups excluding carboxylic acids is 3. The molecule has 0 aliphatic carbocycles. The molecule has 4 N–H and O–H groups in total. The highest BCUT2D eigenvalue weighted by Crippen LogP contribution is 2.37. The van der Waals surface area contributed by atoms with Crippen LogP contribution in [0.4, 0.5) is 5.69 Å². The average molecular weight is 569 g/mol. The number of nitrogens with one attached hydrogen (secondary N) is 3. The summed E-state index contributed by atoms with van der Waals surface area (Å²) < 4.78 is 0. The molecule has 0 spiro atoms. The molecule has 42 heavy (non-hydrogen) atoms. The molecule has 2 aromatic carbocycles. The van der Waals surface area contributed by atoms with Gasteiger partial charge in [-0.2, -0.15) is 5.26 Å². The molecule has 0 bridgehead atoms. The maximum absolute atomic E-state index is 13.6. The van der Waals surface area contributed by atoms with E-state index < -0.39 is 6.10 Å². The van der Waals surface area contributed by atoms with Crippen LogP contribution in [0.5, 0.6) is 0 Å². The van der Waals surface area contributed by atoms with Gasteiger partial charge in [0.25, 0.3) is 17.7 Å². The Morgan fingerprint density at radius 3 is 2.43 bits per heavy atom. The number of amides is 3. The van der Waals surface area contributed by atoms with Crippen LogP contribution >= 0.6 is 0 Å². The van der Waals surface area contributed by atoms with Crippen LogP contribution in [0.3, 0.4) is 0 Å². The summed E-state index contributed by atoms with van der Waals surface area (Å²) in [6.07, 6.45) is 0.934. The van der Waals surface area contributed by atoms with Crippen molar-refractivity contribution in [1.29, 1.82) is 5.26 Å². The summed E-state index contributed by atoms with van der Waals surface area (Å²) in [4.78, 5) is 46.1. The number of aryl methyl sites for hydroxylation is 1. The largest absolute Gasteiger partial charge is 0.390 e. The maximum atomic E-state index is 13.6. The van der Waals surface area contributed by atoms with Crippen molar-refractivity contribution in [2.45, 2.75) is 26.9 Å². The normalized spacial score (nSPS) is 14.0. The van der Waals surface area contributed by atoms with Crippen molar-refractivity contribution in [1.82, 2.24) is 20.1 Å². The predicted octanol–water partition coefficient (Wildman–Crippen LogP) is 3.49. The van der Waals surface area contributed by atoms with Gasteiger partial charge in [-0.25, -0.2) is 0 Å². The fraction of sp³-hybridized carbons (Fsp3) is 0.312. The fourth-order valence-corrected chi connectivity index (χ4v) is 5.06. The number of fused-ring (bicyclic) bond motifs is 1. The zero-order chi connectivity index (χ0) is 30.6. The molecule has 0 fully saturated rings. The number of carbonyl (C=O) groups is 3. The Balaban J connectivity index is 1.77. The number of hydrogen-bond donors (Lipinski definition) is 4. The third-order valence-electron chi connectivity index (χ3n) is 7.35. The second-order valence-electron chi connectivity index (χ2n) is 10.4. The number of likely N-dealkylation sites (N-methyl/N-ethyl adjacent to an activating group) is 1. The molecule has 3 amide bonds. The van der Waals surface area contributed by atoms with Gasteiger partial charge in [0.2, 0.25) is 0 Å². The summed E-state index contributed by atoms with van der Waals surface area (Å²) in [5, 5.41) is 25.5. The van der Waals surface area contributed by atoms with Gasteiger partial charge in [0.1, 0.15) is 0 Å². The lowest BCUT2D eigenvalue weighted by Gasteiger charge is -2.22. The van der Waals surface area contributed by atoms with Crippen LogP contribution in [-0.2, 0) is 4.79 Å². The zero-order valence-electron chi connectivity index (χ0n) is 24.5. The first-order valence-electron chi connectivity index (χ1n) is 13.9. The van der Waals surface area contributed by atoms with Crippen LogP contribution in [0.25, 0.3) is 22.8 Å². The highest BCUT2D eigenvalue weighted by Gasteiger charge is 2.28. The van der Waals surface area contributed by atoms with Gasteiger partial charge in [-0.3, -0.25) is 14.4 Å². The summed E-state index contributed by atoms with van der Waals surface area (Å²) in [6.45, 7) is 7.89. The second kappa shape index (κ2) is 12.9. The monoisotopic (exact) mass is 568 g/mol. The van der Waals surface area contributed by atoms with Gasteiger partial charge in [0.05, 0.1) is 28.9 Å². The number of anilines is 1. The first-order valence-corrected chi connectivity index (χ1v) is 13.9. The fourth-order valence-electron chi connectivity index (χ4n) is 5.06. The Kier molecular flexibility index (Phi) is 9.25. The molecule has 0 radical (unpaired) electrons. The molecule has 1 atom stereocenters. The van der Waals surface area contributed by atoms with Gasteiger partial charge in [-0.1, -0.05) is 26.0 Å². The minimum absolute atomic E-state index is 0.0711. The number of aliphatic hydroxyl groups excluding tert-OH is 1. The highest BCUT2D eigenvalue weighted by atomic mass is 16.3. The number of aromatic amines is 1. The molecule has 10 heteroatoms. The van der Waals surface area contributed by atoms with E-state index in [4.69, 9.17) is 0 Å². The van der Waals surface area contributed by atoms with E-state index in [1.54, 1.807) is 69.6 Å². The molecule has 3 aromatic rings. The standard InChI is InChI=1S/C32H36N6O4/c1-6-38(7-2)18-23(39)17-34-31(41)28-19(3)35-27(29(28)21-10-8-20(16-33)9-11-21)15-25-24-14-22(32(42)37(4)5)12-13-26(24)36-30(25)40/h8-15,23,35,39H,6-7,17-18H2,1-5H3,(H,34,41)(H,36,40). The van der Waals surface area contributed by atoms with Crippen molar-refractivity contribution in [2.75, 3.05) is 45.6 Å². The summed E-state index contributed by atoms with van der Waals surface area (Å²) >= 11 is 0. The van der Waals surface area contributed by atoms with Crippen molar-refractivity contribution in [2.24, 2.45) is 0 Å². The molecule has 2 heterocycles. The van der Waals surface area contributed by atoms with E-state index in [-0.39, 0.29) is 24.3 Å². The lowest BCUT2D eigenvalue weighted by molar-refractivity contribution is -0.110. The molecule has 1 aromatic heterocycles. The molecule has 218 valence electrons. The molecule has 0 saturated heterocycles. The molecule has 4 rings (SSSR count). The Morgan fingerprint density at radius 1 is 1.12 bits per heavy atom. The SMILES string of the molecule is CCN(CC)CC(O)CNC(=O)c1c(C)[nH]c(C=C2C(=O)Nc3ccc(C(=O)N(C)C)cc32)c1-c1ccc(C#N)cc1. The zero-order valence-corrected chi connectivity index (χ0v) is 24.5. The van der Waals surface area contributed by atoms with Gasteiger partial charge in [-0.15, -0.1) is 0 Å². The Morgan fingerprint density at radius 2 is 1.81 bits per heavy atom. The van der Waals surface area contributed by atoms with Crippen molar-refractivity contribution >= 4 is 35.1 Å². The van der Waals surface area contributed by atoms with Crippen LogP contribution in [0.15, 0.2) is 42.5 Å². The van der Waals surface area contributed by atoms with Gasteiger partial charge < -0.3 is 30.5 Å². The number of rotatable bonds is 10. The number of nitriles is 1. The van der Waals surface area contributed by atoms with Crippen molar-refractivity contribution in [3.05, 3.63) is 76.1 Å². The van der Waals surface area contributed by atoms with Crippen LogP contribution < -0.4 is 10.6 Å². The average Bonchev–Trinajstić information content (AvgIpc) is 3.48. The van der Waals surface area contributed by atoms with Crippen LogP contribution in [0, 0.1) is 18.3 Å². The van der Waals surface area contributed by atoms with E-state index >= 15 is 0 Å². The lowest BCUT2D eigenvalue weighted by atomic mass is 9.96. The number of benzene rings is 2. The first-order chi connectivity index (χ1) is 20.1. The van der Waals surface area contributed by atoms with E-state index in [0.717, 1.165) is 13.1 Å². The van der Waals surface area contributed by atoms with Crippen molar-refractivity contribution in [3.8, 4) is 17.2 Å². The van der Waals surface area contributed by atoms with E-state index in [1.165, 1.54) is 4.90 Å². The highest BCUT2D eigenvalue weighted by molar-refractivity contribution is 6.35. The number of aliphatic hydroxyl groups is 1. The van der Waals surface area contributed by atoms with Crippen LogP contribution in [0.2, 0.25) is 0 Å². The smallest absolute Gasteiger partial charge is 0.256 e. The molecular formula is C32H36N6O4. The molecule has 0 saturated carbocycles. The van der Waals surface area contributed by atoms with Gasteiger partial charge in [-0.05, 0) is 62.0 Å². The van der Waals surface area contributed by atoms with Gasteiger partial charge >= 0.3 is 0 Å². The molecule has 1 aliphatic rings. The van der Waals surface area contributed by atoms with Crippen LogP contribution in [0.1, 0.15) is 57.1 Å². The summed E-state index contributed by atoms with van der Waals surface area (Å²) in [7, 11) is 3.33. The summed E-state index contributed by atoms with van der Waals surface area (Å²) in [5.74, 6) is -0.892. The Hall–Kier alpha value is -4.72. The quantitative estimate of drug-likeness (QED) is 0.276. The lowest BCUT2D eigenvalue weighted by Crippen LogP contribution is -2.40. The molecule has 10 nitrogen and oxygen atoms in total. The van der Waals surface area contributed by atoms with E-state index in [9.17, 15) is 24.8 Å². The maximum Gasteiger partial charge on any atom is 0.256 e. The second-order valence-corrected chi connectivity index (χ2v) is 10.4. The van der Waals surface area contributed by atoms with E-state index in [1.807, 2.05) is 13.8 Å². The minimum Gasteiger partial charge on any atom is -0.390 e. The third kappa shape index (κ3) is 6.28. The Labute approximate surface area is 245 Å². The van der Waals surface area contributed by atoms with Gasteiger partial charge in [0, 0.05) is 61.0 Å². The van der Waals surface area contributed by atoms with Crippen molar-refractivity contribution < 1.29 is 19.5 Å². The van der Waals surface area contributed by atoms with Crippen molar-refractivity contribution in [3.63, 3.8) is 0 Å². The number of aromatic nitrogens is 1. The number of H-pyrrole nitrogens is 1. The Bertz CT molecular complexity index is 1580. The third-order valence-corrected chi connectivity index (χ3v) is 7.35. The first kappa shape index (κ1) is 30.2. The van der Waals surface area contributed by atoms with Gasteiger partial charge in [0.15, 0.2) is 0 Å². The van der Waals surface area contributed by atoms with E-state index in [2.05, 4.69) is 26.6 Å². The molecule has 1 aliphatic heterocycles. The number of nitrogens with zero attached hydrogens (tertiary/aromatic N) is 3. The van der Waals surface area contributed by atoms with Crippen LogP contribution in [-0.4, -0.2) is 84.0 Å². The number of hydrogen-bond acceptors (Lipinski definition) is 6. The topological polar surface area (TPSA) is 142 Å². The van der Waals surface area contributed by atoms with E-state index in [0.29, 0.717) is 62.6 Å². The minimum atomic E-state index is -0.745. The predicted molar refractivity (Wildman–Crippen MR) is 163 cm³/mol. The summed E-state index contributed by atoms with van der Waals surface area (Å²) in [5.41, 5.74) is 5.13. The molecule has 1 unspecified atom stereocenters.